The van der Waals surface area contributed by atoms with E-state index in [2.05, 4.69) is 0 Å². The van der Waals surface area contributed by atoms with Crippen molar-refractivity contribution in [2.75, 3.05) is 20.8 Å². The third-order valence-corrected chi connectivity index (χ3v) is 5.08. The summed E-state index contributed by atoms with van der Waals surface area (Å²) in [6.07, 6.45) is -1.11. The minimum absolute atomic E-state index is 0.225. The Morgan fingerprint density at radius 2 is 1.41 bits per heavy atom. The molecule has 0 saturated heterocycles. The van der Waals surface area contributed by atoms with Crippen molar-refractivity contribution in [1.82, 2.24) is 4.90 Å². The van der Waals surface area contributed by atoms with Gasteiger partial charge in [-0.2, -0.15) is 0 Å². The Bertz CT molecular complexity index is 881. The molecular weight excluding hydrogens is 442 g/mol. The maximum atomic E-state index is 13.3. The standard InChI is InChI=1S/C25H37NO8/c1-14(2)32-22(27)20(23(28)33-15(3)4)21-17-13-19(31-9)18(30-8)12-16(17)10-11-26(21)24(29)34-25(5,6)7/h12-15,20-21H,10-11H2,1-9H3. The van der Waals surface area contributed by atoms with Gasteiger partial charge in [0.15, 0.2) is 17.4 Å². The lowest BCUT2D eigenvalue weighted by Crippen LogP contribution is -2.50. The zero-order chi connectivity index (χ0) is 25.8. The highest BCUT2D eigenvalue weighted by atomic mass is 16.6. The normalized spacial score (nSPS) is 15.8. The highest BCUT2D eigenvalue weighted by molar-refractivity contribution is 5.97. The minimum Gasteiger partial charge on any atom is -0.493 e. The predicted octanol–water partition coefficient (Wildman–Crippen LogP) is 4.06. The molecule has 0 aromatic heterocycles. The van der Waals surface area contributed by atoms with E-state index in [9.17, 15) is 14.4 Å². The van der Waals surface area contributed by atoms with Crippen molar-refractivity contribution in [2.45, 2.75) is 78.7 Å². The first-order valence-electron chi connectivity index (χ1n) is 11.4. The minimum atomic E-state index is -1.42. The Morgan fingerprint density at radius 3 is 1.85 bits per heavy atom. The van der Waals surface area contributed by atoms with Crippen LogP contribution in [-0.4, -0.2) is 61.5 Å². The van der Waals surface area contributed by atoms with E-state index >= 15 is 0 Å². The Balaban J connectivity index is 2.71. The van der Waals surface area contributed by atoms with E-state index in [1.54, 1.807) is 60.6 Å². The zero-order valence-electron chi connectivity index (χ0n) is 21.6. The second kappa shape index (κ2) is 11.0. The number of benzene rings is 1. The Labute approximate surface area is 201 Å². The van der Waals surface area contributed by atoms with Crippen LogP contribution in [0.2, 0.25) is 0 Å². The van der Waals surface area contributed by atoms with Crippen LogP contribution in [0.3, 0.4) is 0 Å². The molecule has 1 heterocycles. The van der Waals surface area contributed by atoms with Gasteiger partial charge in [-0.1, -0.05) is 0 Å². The number of hydrogen-bond donors (Lipinski definition) is 0. The molecule has 2 rings (SSSR count). The Hall–Kier alpha value is -2.97. The molecule has 0 fully saturated rings. The number of nitrogens with zero attached hydrogens (tertiary/aromatic N) is 1. The van der Waals surface area contributed by atoms with Gasteiger partial charge in [-0.05, 0) is 78.1 Å². The van der Waals surface area contributed by atoms with E-state index in [0.717, 1.165) is 5.56 Å². The van der Waals surface area contributed by atoms with Gasteiger partial charge in [0, 0.05) is 6.54 Å². The number of esters is 2. The Kier molecular flexibility index (Phi) is 8.80. The van der Waals surface area contributed by atoms with Gasteiger partial charge < -0.3 is 23.7 Å². The molecule has 190 valence electrons. The fourth-order valence-corrected chi connectivity index (χ4v) is 3.83. The van der Waals surface area contributed by atoms with Crippen LogP contribution in [0.4, 0.5) is 4.79 Å². The number of ether oxygens (including phenoxy) is 5. The van der Waals surface area contributed by atoms with Crippen LogP contribution in [-0.2, 0) is 30.2 Å². The van der Waals surface area contributed by atoms with Crippen molar-refractivity contribution < 1.29 is 38.1 Å². The largest absolute Gasteiger partial charge is 0.493 e. The lowest BCUT2D eigenvalue weighted by Gasteiger charge is -2.40. The third kappa shape index (κ3) is 6.55. The first-order chi connectivity index (χ1) is 15.8. The maximum Gasteiger partial charge on any atom is 0.410 e. The number of carbonyl (C=O) groups excluding carboxylic acids is 3. The summed E-state index contributed by atoms with van der Waals surface area (Å²) < 4.78 is 27.4. The fourth-order valence-electron chi connectivity index (χ4n) is 3.83. The second-order valence-corrected chi connectivity index (χ2v) is 9.72. The molecular formula is C25H37NO8. The van der Waals surface area contributed by atoms with Gasteiger partial charge in [-0.15, -0.1) is 0 Å². The lowest BCUT2D eigenvalue weighted by molar-refractivity contribution is -0.170. The summed E-state index contributed by atoms with van der Waals surface area (Å²) >= 11 is 0. The average molecular weight is 480 g/mol. The summed E-state index contributed by atoms with van der Waals surface area (Å²) in [4.78, 5) is 41.2. The van der Waals surface area contributed by atoms with E-state index < -0.39 is 47.8 Å². The molecule has 0 bridgehead atoms. The molecule has 1 aromatic carbocycles. The number of hydrogen-bond acceptors (Lipinski definition) is 8. The summed E-state index contributed by atoms with van der Waals surface area (Å²) in [5, 5.41) is 0. The van der Waals surface area contributed by atoms with Crippen molar-refractivity contribution in [3.05, 3.63) is 23.3 Å². The fraction of sp³-hybridized carbons (Fsp3) is 0.640. The summed E-state index contributed by atoms with van der Waals surface area (Å²) in [5.74, 6) is -2.06. The number of fused-ring (bicyclic) bond motifs is 1. The number of rotatable bonds is 7. The average Bonchev–Trinajstić information content (AvgIpc) is 2.70. The molecule has 1 amide bonds. The van der Waals surface area contributed by atoms with Crippen LogP contribution < -0.4 is 9.47 Å². The van der Waals surface area contributed by atoms with E-state index in [1.165, 1.54) is 19.1 Å². The molecule has 1 aliphatic rings. The first-order valence-corrected chi connectivity index (χ1v) is 11.4. The predicted molar refractivity (Wildman–Crippen MR) is 125 cm³/mol. The van der Waals surface area contributed by atoms with Crippen molar-refractivity contribution in [3.8, 4) is 11.5 Å². The van der Waals surface area contributed by atoms with Crippen molar-refractivity contribution in [2.24, 2.45) is 5.92 Å². The van der Waals surface area contributed by atoms with E-state index in [0.29, 0.717) is 23.5 Å². The molecule has 1 aliphatic heterocycles. The quantitative estimate of drug-likeness (QED) is 0.328. The number of methoxy groups -OCH3 is 2. The van der Waals surface area contributed by atoms with E-state index in [1.807, 2.05) is 0 Å². The van der Waals surface area contributed by atoms with Gasteiger partial charge in [-0.25, -0.2) is 4.79 Å². The first kappa shape index (κ1) is 27.3. The van der Waals surface area contributed by atoms with Crippen LogP contribution >= 0.6 is 0 Å². The highest BCUT2D eigenvalue weighted by Crippen LogP contribution is 2.42. The molecule has 0 spiro atoms. The van der Waals surface area contributed by atoms with Gasteiger partial charge in [0.05, 0.1) is 32.5 Å². The summed E-state index contributed by atoms with van der Waals surface area (Å²) in [6.45, 7) is 12.3. The maximum absolute atomic E-state index is 13.3. The molecule has 1 atom stereocenters. The lowest BCUT2D eigenvalue weighted by atomic mass is 9.84. The van der Waals surface area contributed by atoms with Crippen LogP contribution in [0.25, 0.3) is 0 Å². The van der Waals surface area contributed by atoms with Gasteiger partial charge in [0.1, 0.15) is 5.60 Å². The van der Waals surface area contributed by atoms with Crippen molar-refractivity contribution in [1.29, 1.82) is 0 Å². The molecule has 0 aliphatic carbocycles. The SMILES string of the molecule is COc1cc2c(cc1OC)C(C(C(=O)OC(C)C)C(=O)OC(C)C)N(C(=O)OC(C)(C)C)CC2. The second-order valence-electron chi connectivity index (χ2n) is 9.72. The van der Waals surface area contributed by atoms with E-state index in [-0.39, 0.29) is 6.54 Å². The molecule has 34 heavy (non-hydrogen) atoms. The molecule has 1 aromatic rings. The van der Waals surface area contributed by atoms with Crippen LogP contribution in [0.1, 0.15) is 65.6 Å². The Morgan fingerprint density at radius 1 is 0.912 bits per heavy atom. The third-order valence-electron chi connectivity index (χ3n) is 5.08. The van der Waals surface area contributed by atoms with Gasteiger partial charge in [0.2, 0.25) is 0 Å². The van der Waals surface area contributed by atoms with Crippen molar-refractivity contribution in [3.63, 3.8) is 0 Å². The number of carbonyl (C=O) groups is 3. The van der Waals surface area contributed by atoms with Crippen LogP contribution in [0, 0.1) is 5.92 Å². The topological polar surface area (TPSA) is 101 Å². The van der Waals surface area contributed by atoms with Crippen molar-refractivity contribution >= 4 is 18.0 Å². The molecule has 0 saturated carbocycles. The summed E-state index contributed by atoms with van der Waals surface area (Å²) in [5.41, 5.74) is 0.620. The smallest absolute Gasteiger partial charge is 0.410 e. The van der Waals surface area contributed by atoms with Gasteiger partial charge in [-0.3, -0.25) is 14.5 Å². The van der Waals surface area contributed by atoms with Crippen LogP contribution in [0.5, 0.6) is 11.5 Å². The molecule has 1 unspecified atom stereocenters. The molecule has 9 nitrogen and oxygen atoms in total. The van der Waals surface area contributed by atoms with E-state index in [4.69, 9.17) is 23.7 Å². The highest BCUT2D eigenvalue weighted by Gasteiger charge is 2.47. The molecule has 0 radical (unpaired) electrons. The van der Waals surface area contributed by atoms with Gasteiger partial charge >= 0.3 is 18.0 Å². The van der Waals surface area contributed by atoms with Gasteiger partial charge in [0.25, 0.3) is 0 Å². The monoisotopic (exact) mass is 479 g/mol. The zero-order valence-corrected chi connectivity index (χ0v) is 21.6. The van der Waals surface area contributed by atoms with Crippen LogP contribution in [0.15, 0.2) is 12.1 Å². The summed E-state index contributed by atoms with van der Waals surface area (Å²) in [7, 11) is 3.02. The number of amides is 1. The molecule has 0 N–H and O–H groups in total. The summed E-state index contributed by atoms with van der Waals surface area (Å²) in [6, 6.07) is 2.47. The molecule has 9 heteroatoms.